The van der Waals surface area contributed by atoms with Gasteiger partial charge >= 0.3 is 0 Å². The van der Waals surface area contributed by atoms with Crippen LogP contribution >= 0.6 is 0 Å². The Balaban J connectivity index is 1.93. The molecular formula is C14H16FN. The van der Waals surface area contributed by atoms with Crippen LogP contribution < -0.4 is 0 Å². The summed E-state index contributed by atoms with van der Waals surface area (Å²) in [6.45, 7) is 0. The van der Waals surface area contributed by atoms with Gasteiger partial charge in [-0.2, -0.15) is 0 Å². The van der Waals surface area contributed by atoms with Crippen LogP contribution in [0.1, 0.15) is 31.2 Å². The predicted octanol–water partition coefficient (Wildman–Crippen LogP) is 4.04. The number of aromatic nitrogens is 1. The quantitative estimate of drug-likeness (QED) is 0.781. The molecule has 1 N–H and O–H groups in total. The fourth-order valence-electron chi connectivity index (χ4n) is 2.85. The second kappa shape index (κ2) is 3.93. The molecule has 0 radical (unpaired) electrons. The fraction of sp³-hybridized carbons (Fsp3) is 0.429. The van der Waals surface area contributed by atoms with Gasteiger partial charge in [-0.05, 0) is 36.1 Å². The summed E-state index contributed by atoms with van der Waals surface area (Å²) in [5.74, 6) is 0.669. The molecular weight excluding hydrogens is 201 g/mol. The highest BCUT2D eigenvalue weighted by Gasteiger charge is 2.17. The highest BCUT2D eigenvalue weighted by molar-refractivity contribution is 5.83. The first-order valence-electron chi connectivity index (χ1n) is 6.08. The second-order valence-corrected chi connectivity index (χ2v) is 4.86. The van der Waals surface area contributed by atoms with Crippen molar-refractivity contribution < 1.29 is 4.39 Å². The van der Waals surface area contributed by atoms with Crippen molar-refractivity contribution in [3.63, 3.8) is 0 Å². The molecule has 2 aromatic rings. The van der Waals surface area contributed by atoms with Crippen molar-refractivity contribution in [3.05, 3.63) is 35.8 Å². The highest BCUT2D eigenvalue weighted by atomic mass is 19.1. The van der Waals surface area contributed by atoms with Gasteiger partial charge in [0.25, 0.3) is 0 Å². The lowest BCUT2D eigenvalue weighted by molar-refractivity contribution is 0.548. The maximum atomic E-state index is 13.2. The van der Waals surface area contributed by atoms with E-state index in [0.717, 1.165) is 23.2 Å². The van der Waals surface area contributed by atoms with Crippen LogP contribution in [0.2, 0.25) is 0 Å². The first kappa shape index (κ1) is 9.88. The fourth-order valence-corrected chi connectivity index (χ4v) is 2.85. The Morgan fingerprint density at radius 2 is 2.06 bits per heavy atom. The van der Waals surface area contributed by atoms with Crippen molar-refractivity contribution in [2.75, 3.05) is 0 Å². The van der Waals surface area contributed by atoms with Gasteiger partial charge in [-0.3, -0.25) is 0 Å². The zero-order valence-corrected chi connectivity index (χ0v) is 9.30. The molecule has 1 aromatic heterocycles. The van der Waals surface area contributed by atoms with Crippen molar-refractivity contribution >= 4 is 10.9 Å². The lowest BCUT2D eigenvalue weighted by Crippen LogP contribution is -1.97. The summed E-state index contributed by atoms with van der Waals surface area (Å²) < 4.78 is 13.2. The van der Waals surface area contributed by atoms with E-state index in [2.05, 4.69) is 4.98 Å². The molecule has 0 aliphatic heterocycles. The third-order valence-corrected chi connectivity index (χ3v) is 3.71. The first-order chi connectivity index (χ1) is 7.83. The minimum atomic E-state index is -0.139. The van der Waals surface area contributed by atoms with Crippen LogP contribution in [0.3, 0.4) is 0 Å². The largest absolute Gasteiger partial charge is 0.361 e. The van der Waals surface area contributed by atoms with Crippen molar-refractivity contribution in [2.45, 2.75) is 32.1 Å². The zero-order chi connectivity index (χ0) is 11.0. The van der Waals surface area contributed by atoms with Gasteiger partial charge in [0.05, 0.1) is 0 Å². The van der Waals surface area contributed by atoms with E-state index in [9.17, 15) is 4.39 Å². The van der Waals surface area contributed by atoms with E-state index in [4.69, 9.17) is 0 Å². The average Bonchev–Trinajstić information content (AvgIpc) is 2.90. The van der Waals surface area contributed by atoms with Crippen molar-refractivity contribution in [3.8, 4) is 0 Å². The second-order valence-electron chi connectivity index (χ2n) is 4.86. The number of aromatic amines is 1. The van der Waals surface area contributed by atoms with Gasteiger partial charge in [0, 0.05) is 17.1 Å². The number of fused-ring (bicyclic) bond motifs is 1. The van der Waals surface area contributed by atoms with Crippen LogP contribution in [0.15, 0.2) is 24.4 Å². The molecule has 2 heteroatoms. The topological polar surface area (TPSA) is 15.8 Å². The van der Waals surface area contributed by atoms with Gasteiger partial charge in [-0.25, -0.2) is 4.39 Å². The summed E-state index contributed by atoms with van der Waals surface area (Å²) in [5.41, 5.74) is 2.33. The molecule has 0 spiro atoms. The molecule has 1 nitrogen and oxygen atoms in total. The van der Waals surface area contributed by atoms with Crippen molar-refractivity contribution in [1.29, 1.82) is 0 Å². The minimum Gasteiger partial charge on any atom is -0.361 e. The maximum absolute atomic E-state index is 13.2. The molecule has 0 bridgehead atoms. The Bertz CT molecular complexity index is 494. The van der Waals surface area contributed by atoms with E-state index >= 15 is 0 Å². The van der Waals surface area contributed by atoms with E-state index in [1.54, 1.807) is 6.07 Å². The maximum Gasteiger partial charge on any atom is 0.123 e. The molecule has 0 unspecified atom stereocenters. The normalized spacial score (nSPS) is 17.3. The standard InChI is InChI=1S/C14H16FN/c15-12-5-6-14-13(8-12)11(9-16-14)7-10-3-1-2-4-10/h5-6,8-10,16H,1-4,7H2. The van der Waals surface area contributed by atoms with E-state index < -0.39 is 0 Å². The first-order valence-corrected chi connectivity index (χ1v) is 6.08. The molecule has 84 valence electrons. The summed E-state index contributed by atoms with van der Waals surface area (Å²) >= 11 is 0. The van der Waals surface area contributed by atoms with Gasteiger partial charge < -0.3 is 4.98 Å². The van der Waals surface area contributed by atoms with Crippen molar-refractivity contribution in [1.82, 2.24) is 4.98 Å². The zero-order valence-electron chi connectivity index (χ0n) is 9.30. The van der Waals surface area contributed by atoms with Gasteiger partial charge in [-0.1, -0.05) is 25.7 Å². The minimum absolute atomic E-state index is 0.139. The van der Waals surface area contributed by atoms with Crippen molar-refractivity contribution in [2.24, 2.45) is 5.92 Å². The Kier molecular flexibility index (Phi) is 2.43. The number of hydrogen-bond donors (Lipinski definition) is 1. The van der Waals surface area contributed by atoms with Crippen LogP contribution in [0.4, 0.5) is 4.39 Å². The summed E-state index contributed by atoms with van der Waals surface area (Å²) in [5, 5.41) is 1.06. The van der Waals surface area contributed by atoms with Crippen LogP contribution in [0, 0.1) is 11.7 Å². The number of halogens is 1. The molecule has 1 heterocycles. The number of benzene rings is 1. The highest BCUT2D eigenvalue weighted by Crippen LogP contribution is 2.30. The molecule has 1 aromatic carbocycles. The summed E-state index contributed by atoms with van der Waals surface area (Å²) in [4.78, 5) is 3.22. The lowest BCUT2D eigenvalue weighted by atomic mass is 9.98. The molecule has 1 fully saturated rings. The molecule has 0 saturated heterocycles. The Morgan fingerprint density at radius 3 is 2.88 bits per heavy atom. The third-order valence-electron chi connectivity index (χ3n) is 3.71. The number of hydrogen-bond acceptors (Lipinski definition) is 0. The smallest absolute Gasteiger partial charge is 0.123 e. The number of nitrogens with one attached hydrogen (secondary N) is 1. The predicted molar refractivity (Wildman–Crippen MR) is 63.9 cm³/mol. The van der Waals surface area contributed by atoms with Gasteiger partial charge in [-0.15, -0.1) is 0 Å². The summed E-state index contributed by atoms with van der Waals surface area (Å²) in [6, 6.07) is 4.98. The number of rotatable bonds is 2. The molecule has 0 amide bonds. The van der Waals surface area contributed by atoms with E-state index in [1.165, 1.54) is 37.3 Å². The molecule has 1 aliphatic carbocycles. The van der Waals surface area contributed by atoms with Crippen LogP contribution in [-0.2, 0) is 6.42 Å². The monoisotopic (exact) mass is 217 g/mol. The molecule has 0 atom stereocenters. The lowest BCUT2D eigenvalue weighted by Gasteiger charge is -2.07. The van der Waals surface area contributed by atoms with Gasteiger partial charge in [0.2, 0.25) is 0 Å². The molecule has 16 heavy (non-hydrogen) atoms. The average molecular weight is 217 g/mol. The Morgan fingerprint density at radius 1 is 1.25 bits per heavy atom. The van der Waals surface area contributed by atoms with Gasteiger partial charge in [0.15, 0.2) is 0 Å². The van der Waals surface area contributed by atoms with E-state index in [-0.39, 0.29) is 5.82 Å². The number of H-pyrrole nitrogens is 1. The third kappa shape index (κ3) is 1.73. The Hall–Kier alpha value is -1.31. The SMILES string of the molecule is Fc1ccc2[nH]cc(CC3CCCC3)c2c1. The summed E-state index contributed by atoms with van der Waals surface area (Å²) in [6.07, 6.45) is 8.54. The van der Waals surface area contributed by atoms with Crippen LogP contribution in [0.5, 0.6) is 0 Å². The van der Waals surface area contributed by atoms with E-state index in [0.29, 0.717) is 0 Å². The van der Waals surface area contributed by atoms with Crippen LogP contribution in [0.25, 0.3) is 10.9 Å². The molecule has 3 rings (SSSR count). The van der Waals surface area contributed by atoms with E-state index in [1.807, 2.05) is 12.3 Å². The van der Waals surface area contributed by atoms with Gasteiger partial charge in [0.1, 0.15) is 5.82 Å². The molecule has 1 saturated carbocycles. The Labute approximate surface area is 94.7 Å². The van der Waals surface area contributed by atoms with Crippen LogP contribution in [-0.4, -0.2) is 4.98 Å². The molecule has 1 aliphatic rings. The summed E-state index contributed by atoms with van der Waals surface area (Å²) in [7, 11) is 0.